The van der Waals surface area contributed by atoms with Crippen molar-refractivity contribution in [2.45, 2.75) is 39.0 Å². The standard InChI is InChI=1S/C22H31N3O3S/c1-5-24(6-2)21-15-14-19(29(27,28)25(7-3)8-4)17-20(21)23-22(26)16-18-12-10-9-11-13-18/h9-15,17H,5-8,16H2,1-4H3,(H,23,26). The minimum atomic E-state index is -3.61. The van der Waals surface area contributed by atoms with Crippen molar-refractivity contribution in [3.05, 3.63) is 54.1 Å². The first-order chi connectivity index (χ1) is 13.9. The summed E-state index contributed by atoms with van der Waals surface area (Å²) in [4.78, 5) is 14.9. The Hall–Kier alpha value is -2.38. The lowest BCUT2D eigenvalue weighted by atomic mass is 10.1. The lowest BCUT2D eigenvalue weighted by Crippen LogP contribution is -2.31. The van der Waals surface area contributed by atoms with Gasteiger partial charge in [0.05, 0.1) is 22.7 Å². The smallest absolute Gasteiger partial charge is 0.243 e. The molecule has 7 heteroatoms. The number of nitrogens with zero attached hydrogens (tertiary/aromatic N) is 2. The first-order valence-corrected chi connectivity index (χ1v) is 11.5. The quantitative estimate of drug-likeness (QED) is 0.639. The molecule has 0 spiro atoms. The van der Waals surface area contributed by atoms with Gasteiger partial charge in [-0.2, -0.15) is 4.31 Å². The van der Waals surface area contributed by atoms with Crippen molar-refractivity contribution in [1.29, 1.82) is 0 Å². The molecule has 0 bridgehead atoms. The van der Waals surface area contributed by atoms with E-state index < -0.39 is 10.0 Å². The number of anilines is 2. The van der Waals surface area contributed by atoms with Crippen LogP contribution in [0.1, 0.15) is 33.3 Å². The second-order valence-electron chi connectivity index (χ2n) is 6.65. The zero-order chi connectivity index (χ0) is 21.4. The summed E-state index contributed by atoms with van der Waals surface area (Å²) >= 11 is 0. The Morgan fingerprint density at radius 1 is 0.897 bits per heavy atom. The van der Waals surface area contributed by atoms with Gasteiger partial charge in [-0.1, -0.05) is 44.2 Å². The molecule has 6 nitrogen and oxygen atoms in total. The molecule has 0 saturated heterocycles. The van der Waals surface area contributed by atoms with Crippen molar-refractivity contribution in [2.75, 3.05) is 36.4 Å². The molecule has 0 aliphatic carbocycles. The molecule has 158 valence electrons. The van der Waals surface area contributed by atoms with Gasteiger partial charge in [0, 0.05) is 26.2 Å². The van der Waals surface area contributed by atoms with Crippen LogP contribution in [0.15, 0.2) is 53.4 Å². The summed E-state index contributed by atoms with van der Waals surface area (Å²) in [6.45, 7) is 9.97. The van der Waals surface area contributed by atoms with Gasteiger partial charge < -0.3 is 10.2 Å². The van der Waals surface area contributed by atoms with Crippen LogP contribution in [0.5, 0.6) is 0 Å². The number of hydrogen-bond donors (Lipinski definition) is 1. The average Bonchev–Trinajstić information content (AvgIpc) is 2.71. The van der Waals surface area contributed by atoms with E-state index in [1.54, 1.807) is 18.2 Å². The van der Waals surface area contributed by atoms with E-state index in [2.05, 4.69) is 10.2 Å². The van der Waals surface area contributed by atoms with Crippen LogP contribution in [0, 0.1) is 0 Å². The van der Waals surface area contributed by atoms with E-state index in [0.717, 1.165) is 24.3 Å². The predicted octanol–water partition coefficient (Wildman–Crippen LogP) is 3.74. The summed E-state index contributed by atoms with van der Waals surface area (Å²) in [7, 11) is -3.61. The van der Waals surface area contributed by atoms with Gasteiger partial charge in [0.2, 0.25) is 15.9 Å². The van der Waals surface area contributed by atoms with Crippen LogP contribution < -0.4 is 10.2 Å². The molecule has 1 N–H and O–H groups in total. The first kappa shape index (κ1) is 22.9. The van der Waals surface area contributed by atoms with Gasteiger partial charge in [0.15, 0.2) is 0 Å². The van der Waals surface area contributed by atoms with Gasteiger partial charge in [-0.3, -0.25) is 4.79 Å². The highest BCUT2D eigenvalue weighted by Gasteiger charge is 2.23. The highest BCUT2D eigenvalue weighted by Crippen LogP contribution is 2.30. The van der Waals surface area contributed by atoms with Crippen LogP contribution in [-0.4, -0.2) is 44.8 Å². The second-order valence-corrected chi connectivity index (χ2v) is 8.59. The molecule has 0 heterocycles. The number of carbonyl (C=O) groups excluding carboxylic acids is 1. The van der Waals surface area contributed by atoms with Crippen LogP contribution >= 0.6 is 0 Å². The van der Waals surface area contributed by atoms with E-state index in [1.807, 2.05) is 58.0 Å². The summed E-state index contributed by atoms with van der Waals surface area (Å²) in [5.74, 6) is -0.179. The summed E-state index contributed by atoms with van der Waals surface area (Å²) in [6, 6.07) is 14.4. The molecule has 0 fully saturated rings. The molecule has 0 aliphatic rings. The van der Waals surface area contributed by atoms with Crippen LogP contribution in [0.4, 0.5) is 11.4 Å². The molecular weight excluding hydrogens is 386 g/mol. The minimum absolute atomic E-state index is 0.179. The number of sulfonamides is 1. The number of carbonyl (C=O) groups is 1. The molecule has 1 amide bonds. The highest BCUT2D eigenvalue weighted by molar-refractivity contribution is 7.89. The maximum absolute atomic E-state index is 12.9. The Labute approximate surface area is 174 Å². The van der Waals surface area contributed by atoms with Crippen LogP contribution in [0.25, 0.3) is 0 Å². The van der Waals surface area contributed by atoms with Gasteiger partial charge in [0.1, 0.15) is 0 Å². The zero-order valence-corrected chi connectivity index (χ0v) is 18.5. The third kappa shape index (κ3) is 5.58. The highest BCUT2D eigenvalue weighted by atomic mass is 32.2. The summed E-state index contributed by atoms with van der Waals surface area (Å²) in [6.07, 6.45) is 0.228. The molecule has 29 heavy (non-hydrogen) atoms. The van der Waals surface area contributed by atoms with E-state index in [9.17, 15) is 13.2 Å². The maximum atomic E-state index is 12.9. The average molecular weight is 418 g/mol. The largest absolute Gasteiger partial charge is 0.370 e. The summed E-state index contributed by atoms with van der Waals surface area (Å²) < 4.78 is 27.3. The van der Waals surface area contributed by atoms with Gasteiger partial charge in [-0.05, 0) is 37.6 Å². The number of benzene rings is 2. The lowest BCUT2D eigenvalue weighted by Gasteiger charge is -2.26. The van der Waals surface area contributed by atoms with Gasteiger partial charge >= 0.3 is 0 Å². The number of hydrogen-bond acceptors (Lipinski definition) is 4. The molecule has 0 radical (unpaired) electrons. The fourth-order valence-electron chi connectivity index (χ4n) is 3.30. The fourth-order valence-corrected chi connectivity index (χ4v) is 4.79. The van der Waals surface area contributed by atoms with Crippen LogP contribution in [-0.2, 0) is 21.2 Å². The van der Waals surface area contributed by atoms with E-state index >= 15 is 0 Å². The topological polar surface area (TPSA) is 69.7 Å². The molecule has 0 aliphatic heterocycles. The minimum Gasteiger partial charge on any atom is -0.370 e. The molecule has 0 saturated carbocycles. The van der Waals surface area contributed by atoms with Crippen molar-refractivity contribution in [1.82, 2.24) is 4.31 Å². The monoisotopic (exact) mass is 417 g/mol. The Morgan fingerprint density at radius 2 is 1.52 bits per heavy atom. The third-order valence-electron chi connectivity index (χ3n) is 4.90. The summed E-state index contributed by atoms with van der Waals surface area (Å²) in [5, 5.41) is 2.93. The van der Waals surface area contributed by atoms with E-state index in [-0.39, 0.29) is 17.2 Å². The van der Waals surface area contributed by atoms with Gasteiger partial charge in [-0.15, -0.1) is 0 Å². The SMILES string of the molecule is CCN(CC)c1ccc(S(=O)(=O)N(CC)CC)cc1NC(=O)Cc1ccccc1. The molecule has 2 aromatic carbocycles. The zero-order valence-electron chi connectivity index (χ0n) is 17.7. The van der Waals surface area contributed by atoms with Gasteiger partial charge in [-0.25, -0.2) is 8.42 Å². The van der Waals surface area contributed by atoms with Crippen molar-refractivity contribution < 1.29 is 13.2 Å². The number of rotatable bonds is 10. The summed E-state index contributed by atoms with van der Waals surface area (Å²) in [5.41, 5.74) is 2.24. The number of nitrogens with one attached hydrogen (secondary N) is 1. The van der Waals surface area contributed by atoms with Crippen LogP contribution in [0.3, 0.4) is 0 Å². The number of amides is 1. The predicted molar refractivity (Wildman–Crippen MR) is 119 cm³/mol. The first-order valence-electron chi connectivity index (χ1n) is 10.1. The van der Waals surface area contributed by atoms with Crippen LogP contribution in [0.2, 0.25) is 0 Å². The van der Waals surface area contributed by atoms with E-state index in [0.29, 0.717) is 18.8 Å². The Morgan fingerprint density at radius 3 is 2.07 bits per heavy atom. The molecule has 0 atom stereocenters. The third-order valence-corrected chi connectivity index (χ3v) is 6.94. The second kappa shape index (κ2) is 10.4. The van der Waals surface area contributed by atoms with E-state index in [1.165, 1.54) is 4.31 Å². The fraction of sp³-hybridized carbons (Fsp3) is 0.409. The molecule has 2 rings (SSSR count). The molecule has 2 aromatic rings. The molecule has 0 aromatic heterocycles. The van der Waals surface area contributed by atoms with Crippen molar-refractivity contribution >= 4 is 27.3 Å². The Bertz CT molecular complexity index is 906. The Balaban J connectivity index is 2.41. The molecular formula is C22H31N3O3S. The van der Waals surface area contributed by atoms with Crippen molar-refractivity contribution in [2.24, 2.45) is 0 Å². The molecule has 0 unspecified atom stereocenters. The maximum Gasteiger partial charge on any atom is 0.243 e. The van der Waals surface area contributed by atoms with Gasteiger partial charge in [0.25, 0.3) is 0 Å². The lowest BCUT2D eigenvalue weighted by molar-refractivity contribution is -0.115. The Kier molecular flexibility index (Phi) is 8.22. The normalized spacial score (nSPS) is 11.5. The van der Waals surface area contributed by atoms with Crippen molar-refractivity contribution in [3.63, 3.8) is 0 Å². The van der Waals surface area contributed by atoms with Crippen molar-refractivity contribution in [3.8, 4) is 0 Å². The van der Waals surface area contributed by atoms with E-state index in [4.69, 9.17) is 0 Å².